The number of furan rings is 1. The zero-order chi connectivity index (χ0) is 34.2. The zero-order valence-corrected chi connectivity index (χ0v) is 28.0. The lowest BCUT2D eigenvalue weighted by Gasteiger charge is -2.40. The van der Waals surface area contributed by atoms with Gasteiger partial charge in [-0.05, 0) is 89.0 Å². The summed E-state index contributed by atoms with van der Waals surface area (Å²) in [5.41, 5.74) is 13.4. The van der Waals surface area contributed by atoms with Gasteiger partial charge in [0.1, 0.15) is 22.7 Å². The Morgan fingerprint density at radius 3 is 1.98 bits per heavy atom. The van der Waals surface area contributed by atoms with Crippen LogP contribution < -0.4 is 9.64 Å². The van der Waals surface area contributed by atoms with E-state index in [4.69, 9.17) is 9.15 Å². The van der Waals surface area contributed by atoms with Crippen LogP contribution in [0.2, 0.25) is 0 Å². The number of ether oxygens (including phenoxy) is 1. The maximum absolute atomic E-state index is 6.78. The first-order valence-corrected chi connectivity index (χ1v) is 17.6. The van der Waals surface area contributed by atoms with Gasteiger partial charge in [-0.1, -0.05) is 121 Å². The lowest BCUT2D eigenvalue weighted by Crippen LogP contribution is -2.32. The molecule has 8 aromatic carbocycles. The molecule has 1 aromatic heterocycles. The summed E-state index contributed by atoms with van der Waals surface area (Å²) in [5.74, 6) is 1.73. The maximum Gasteiger partial charge on any atom is 0.146 e. The Morgan fingerprint density at radius 1 is 0.500 bits per heavy atom. The molecular weight excluding hydrogens is 635 g/mol. The molecule has 0 unspecified atom stereocenters. The van der Waals surface area contributed by atoms with Gasteiger partial charge in [0.25, 0.3) is 0 Å². The number of rotatable bonds is 4. The lowest BCUT2D eigenvalue weighted by atomic mass is 9.66. The van der Waals surface area contributed by atoms with Gasteiger partial charge in [0.05, 0.1) is 16.5 Å². The molecule has 9 aromatic rings. The second-order valence-electron chi connectivity index (χ2n) is 13.4. The van der Waals surface area contributed by atoms with Gasteiger partial charge in [0.2, 0.25) is 0 Å². The van der Waals surface area contributed by atoms with Gasteiger partial charge >= 0.3 is 0 Å². The normalized spacial score (nSPS) is 13.2. The van der Waals surface area contributed by atoms with Crippen molar-refractivity contribution in [2.75, 3.05) is 4.90 Å². The Balaban J connectivity index is 1.22. The van der Waals surface area contributed by atoms with E-state index in [1.807, 2.05) is 24.3 Å². The Labute approximate surface area is 301 Å². The molecule has 3 heteroatoms. The predicted molar refractivity (Wildman–Crippen MR) is 209 cm³/mol. The third-order valence-electron chi connectivity index (χ3n) is 10.8. The number of fused-ring (bicyclic) bond motifs is 12. The Kier molecular flexibility index (Phi) is 6.08. The molecule has 242 valence electrons. The third-order valence-corrected chi connectivity index (χ3v) is 10.8. The smallest absolute Gasteiger partial charge is 0.146 e. The molecule has 0 fully saturated rings. The monoisotopic (exact) mass is 663 g/mol. The number of hydrogen-bond acceptors (Lipinski definition) is 3. The third kappa shape index (κ3) is 3.92. The topological polar surface area (TPSA) is 25.6 Å². The van der Waals surface area contributed by atoms with Crippen LogP contribution in [-0.4, -0.2) is 0 Å². The van der Waals surface area contributed by atoms with Crippen LogP contribution in [0.25, 0.3) is 44.2 Å². The predicted octanol–water partition coefficient (Wildman–Crippen LogP) is 12.8. The molecule has 1 aliphatic carbocycles. The van der Waals surface area contributed by atoms with Crippen molar-refractivity contribution in [3.05, 3.63) is 210 Å². The average Bonchev–Trinajstić information content (AvgIpc) is 3.74. The van der Waals surface area contributed by atoms with E-state index >= 15 is 0 Å². The molecule has 0 saturated carbocycles. The van der Waals surface area contributed by atoms with E-state index in [0.29, 0.717) is 0 Å². The fraction of sp³-hybridized carbons (Fsp3) is 0.0204. The van der Waals surface area contributed by atoms with Gasteiger partial charge in [0, 0.05) is 39.0 Å². The molecule has 2 heterocycles. The minimum Gasteiger partial charge on any atom is -0.457 e. The van der Waals surface area contributed by atoms with Crippen molar-refractivity contribution in [3.63, 3.8) is 0 Å². The molecule has 11 rings (SSSR count). The summed E-state index contributed by atoms with van der Waals surface area (Å²) in [7, 11) is 0. The fourth-order valence-electron chi connectivity index (χ4n) is 8.71. The van der Waals surface area contributed by atoms with Crippen LogP contribution in [0.4, 0.5) is 17.1 Å². The molecule has 0 N–H and O–H groups in total. The van der Waals surface area contributed by atoms with E-state index in [1.54, 1.807) is 0 Å². The van der Waals surface area contributed by atoms with Gasteiger partial charge in [-0.15, -0.1) is 0 Å². The van der Waals surface area contributed by atoms with Crippen molar-refractivity contribution >= 4 is 39.0 Å². The van der Waals surface area contributed by atoms with E-state index in [-0.39, 0.29) is 0 Å². The van der Waals surface area contributed by atoms with Crippen molar-refractivity contribution in [1.82, 2.24) is 0 Å². The first-order valence-electron chi connectivity index (χ1n) is 17.6. The molecule has 1 aliphatic heterocycles. The highest BCUT2D eigenvalue weighted by Crippen LogP contribution is 2.62. The number of anilines is 3. The van der Waals surface area contributed by atoms with Crippen molar-refractivity contribution in [3.8, 4) is 33.8 Å². The van der Waals surface area contributed by atoms with E-state index in [0.717, 1.165) is 72.8 Å². The summed E-state index contributed by atoms with van der Waals surface area (Å²) in [5, 5.41) is 2.10. The van der Waals surface area contributed by atoms with Crippen molar-refractivity contribution in [1.29, 1.82) is 0 Å². The minimum absolute atomic E-state index is 0.573. The van der Waals surface area contributed by atoms with Gasteiger partial charge in [-0.3, -0.25) is 0 Å². The molecule has 0 saturated heterocycles. The van der Waals surface area contributed by atoms with Gasteiger partial charge in [0.15, 0.2) is 0 Å². The summed E-state index contributed by atoms with van der Waals surface area (Å²) >= 11 is 0. The summed E-state index contributed by atoms with van der Waals surface area (Å²) < 4.78 is 13.5. The van der Waals surface area contributed by atoms with Gasteiger partial charge in [-0.2, -0.15) is 0 Å². The van der Waals surface area contributed by atoms with Crippen molar-refractivity contribution in [2.24, 2.45) is 0 Å². The Bertz CT molecular complexity index is 2790. The summed E-state index contributed by atoms with van der Waals surface area (Å²) in [6.45, 7) is 0. The highest BCUT2D eigenvalue weighted by Gasteiger charge is 2.51. The molecule has 3 nitrogen and oxygen atoms in total. The second-order valence-corrected chi connectivity index (χ2v) is 13.4. The molecule has 2 aliphatic rings. The lowest BCUT2D eigenvalue weighted by molar-refractivity contribution is 0.436. The van der Waals surface area contributed by atoms with Gasteiger partial charge in [-0.25, -0.2) is 0 Å². The van der Waals surface area contributed by atoms with Crippen LogP contribution in [0.5, 0.6) is 11.5 Å². The first kappa shape index (κ1) is 28.8. The summed E-state index contributed by atoms with van der Waals surface area (Å²) in [6.07, 6.45) is 0. The SMILES string of the molecule is c1cccc(-c2ccc(N(c3ccccc3)c3ccc4c(c3)C3(c5ccccc5O4)c4ccccc4-c4ccccc43)c3c2oc2ccccc23)c#1. The zero-order valence-electron chi connectivity index (χ0n) is 28.0. The highest BCUT2D eigenvalue weighted by atomic mass is 16.5. The second kappa shape index (κ2) is 11.0. The first-order chi connectivity index (χ1) is 25.8. The molecule has 0 amide bonds. The van der Waals surface area contributed by atoms with E-state index in [9.17, 15) is 0 Å². The van der Waals surface area contributed by atoms with Crippen LogP contribution in [-0.2, 0) is 5.41 Å². The Morgan fingerprint density at radius 2 is 1.19 bits per heavy atom. The summed E-state index contributed by atoms with van der Waals surface area (Å²) in [6, 6.07) is 68.5. The molecular formula is C49H29NO2. The van der Waals surface area contributed by atoms with Crippen LogP contribution in [0.15, 0.2) is 180 Å². The van der Waals surface area contributed by atoms with Crippen LogP contribution in [0, 0.1) is 12.1 Å². The quantitative estimate of drug-likeness (QED) is 0.187. The van der Waals surface area contributed by atoms with E-state index in [1.165, 1.54) is 22.3 Å². The fourth-order valence-corrected chi connectivity index (χ4v) is 8.71. The maximum atomic E-state index is 6.78. The molecule has 52 heavy (non-hydrogen) atoms. The largest absolute Gasteiger partial charge is 0.457 e. The number of nitrogens with zero attached hydrogens (tertiary/aromatic N) is 1. The number of para-hydroxylation sites is 3. The van der Waals surface area contributed by atoms with Crippen LogP contribution in [0.1, 0.15) is 22.3 Å². The van der Waals surface area contributed by atoms with Crippen LogP contribution >= 0.6 is 0 Å². The number of benzene rings is 7. The Hall–Kier alpha value is -7.02. The molecule has 0 radical (unpaired) electrons. The van der Waals surface area contributed by atoms with E-state index in [2.05, 4.69) is 169 Å². The minimum atomic E-state index is -0.573. The average molecular weight is 664 g/mol. The van der Waals surface area contributed by atoms with E-state index < -0.39 is 5.41 Å². The highest BCUT2D eigenvalue weighted by molar-refractivity contribution is 6.17. The van der Waals surface area contributed by atoms with Gasteiger partial charge < -0.3 is 14.1 Å². The standard InChI is InChI=1S/C49H29NO2/c1-3-15-32(16-4-1)35-28-29-43(47-38-21-9-13-25-44(38)52-48(35)47)50(33-17-5-2-6-18-33)34-27-30-46-42(31-34)49(41-24-12-14-26-45(41)51-46)39-22-10-7-19-36(39)37-20-8-11-23-40(37)49/h1-3,5-15,17-31H. The molecule has 1 spiro atoms. The van der Waals surface area contributed by atoms with Crippen molar-refractivity contribution < 1.29 is 9.15 Å². The van der Waals surface area contributed by atoms with Crippen LogP contribution in [0.3, 0.4) is 0 Å². The van der Waals surface area contributed by atoms with Crippen molar-refractivity contribution in [2.45, 2.75) is 5.41 Å². The molecule has 0 bridgehead atoms. The summed E-state index contributed by atoms with van der Waals surface area (Å²) in [4.78, 5) is 2.36. The molecule has 0 atom stereocenters. The number of hydrogen-bond donors (Lipinski definition) is 0.